The minimum Gasteiger partial charge on any atom is -0.494 e. The number of ketones is 1. The molecule has 0 radical (unpaired) electrons. The van der Waals surface area contributed by atoms with Crippen LogP contribution in [-0.2, 0) is 22.4 Å². The number of hydrogen-bond donors (Lipinski definition) is 3. The molecule has 3 aliphatic rings. The van der Waals surface area contributed by atoms with Crippen LogP contribution in [0, 0.1) is 11.8 Å². The van der Waals surface area contributed by atoms with Gasteiger partial charge in [-0.25, -0.2) is 9.78 Å². The standard InChI is InChI=1S/C24H26ClN5O4/c1-33-21-16-8-7-15(31)6-4-12(16)5-9-18(21)28-24-27-11-17(25)22(30-24)29-19-13-2-3-14(10-13)20(19)34-23(26)32/h2-3,5,9,11,13-14,19-20H,4,6-8,10H2,1H3,(H2,26,32)(H2,27,28,29,30)/t13-,14+,19+,20-/m0/s1. The smallest absolute Gasteiger partial charge is 0.404 e. The highest BCUT2D eigenvalue weighted by Crippen LogP contribution is 2.43. The van der Waals surface area contributed by atoms with Crippen LogP contribution in [0.4, 0.5) is 22.2 Å². The van der Waals surface area contributed by atoms with Crippen molar-refractivity contribution in [3.8, 4) is 5.75 Å². The van der Waals surface area contributed by atoms with Crippen LogP contribution < -0.4 is 21.1 Å². The average molecular weight is 484 g/mol. The van der Waals surface area contributed by atoms with E-state index in [1.54, 1.807) is 7.11 Å². The fraction of sp³-hybridized carbons (Fsp3) is 0.417. The molecule has 0 spiro atoms. The minimum absolute atomic E-state index is 0.115. The number of halogens is 1. The fourth-order valence-corrected chi connectivity index (χ4v) is 5.39. The van der Waals surface area contributed by atoms with Crippen molar-refractivity contribution in [3.05, 3.63) is 46.6 Å². The van der Waals surface area contributed by atoms with Crippen LogP contribution in [0.1, 0.15) is 30.4 Å². The van der Waals surface area contributed by atoms with Gasteiger partial charge in [0, 0.05) is 24.7 Å². The first-order valence-corrected chi connectivity index (χ1v) is 11.7. The van der Waals surface area contributed by atoms with Gasteiger partial charge in [0.1, 0.15) is 22.7 Å². The quantitative estimate of drug-likeness (QED) is 0.418. The first kappa shape index (κ1) is 22.5. The summed E-state index contributed by atoms with van der Waals surface area (Å²) in [6, 6.07) is 3.74. The van der Waals surface area contributed by atoms with Crippen molar-refractivity contribution in [2.45, 2.75) is 44.2 Å². The number of carbonyl (C=O) groups excluding carboxylic acids is 2. The van der Waals surface area contributed by atoms with E-state index in [0.29, 0.717) is 53.9 Å². The molecule has 0 unspecified atom stereocenters. The second kappa shape index (κ2) is 9.13. The van der Waals surface area contributed by atoms with Crippen LogP contribution in [-0.4, -0.2) is 41.1 Å². The Labute approximate surface area is 202 Å². The molecule has 1 aromatic carbocycles. The molecule has 1 heterocycles. The first-order chi connectivity index (χ1) is 16.4. The number of amides is 1. The molecule has 4 atom stereocenters. The average Bonchev–Trinajstić information content (AvgIpc) is 3.35. The number of ether oxygens (including phenoxy) is 2. The summed E-state index contributed by atoms with van der Waals surface area (Å²) in [5, 5.41) is 6.91. The Balaban J connectivity index is 1.39. The van der Waals surface area contributed by atoms with Crippen LogP contribution in [0.5, 0.6) is 5.75 Å². The number of anilines is 3. The molecule has 34 heavy (non-hydrogen) atoms. The molecule has 2 aromatic rings. The predicted octanol–water partition coefficient (Wildman–Crippen LogP) is 3.78. The van der Waals surface area contributed by atoms with Gasteiger partial charge in [-0.15, -0.1) is 0 Å². The number of aromatic nitrogens is 2. The summed E-state index contributed by atoms with van der Waals surface area (Å²) in [4.78, 5) is 32.2. The van der Waals surface area contributed by atoms with Gasteiger partial charge < -0.3 is 25.8 Å². The van der Waals surface area contributed by atoms with Crippen molar-refractivity contribution in [1.82, 2.24) is 9.97 Å². The second-order valence-corrected chi connectivity index (χ2v) is 9.27. The molecule has 3 aliphatic carbocycles. The largest absolute Gasteiger partial charge is 0.494 e. The van der Waals surface area contributed by atoms with E-state index in [1.807, 2.05) is 12.1 Å². The maximum absolute atomic E-state index is 11.9. The summed E-state index contributed by atoms with van der Waals surface area (Å²) in [6.45, 7) is 0. The summed E-state index contributed by atoms with van der Waals surface area (Å²) < 4.78 is 11.1. The fourth-order valence-electron chi connectivity index (χ4n) is 5.24. The lowest BCUT2D eigenvalue weighted by Crippen LogP contribution is -2.41. The third-order valence-electron chi connectivity index (χ3n) is 6.82. The molecule has 2 bridgehead atoms. The van der Waals surface area contributed by atoms with Gasteiger partial charge in [-0.1, -0.05) is 29.8 Å². The predicted molar refractivity (Wildman–Crippen MR) is 128 cm³/mol. The molecule has 1 amide bonds. The number of carbonyl (C=O) groups is 2. The number of benzene rings is 1. The van der Waals surface area contributed by atoms with Gasteiger partial charge in [0.05, 0.1) is 25.0 Å². The zero-order valence-corrected chi connectivity index (χ0v) is 19.5. The molecule has 9 nitrogen and oxygen atoms in total. The number of rotatable bonds is 6. The van der Waals surface area contributed by atoms with Gasteiger partial charge in [0.2, 0.25) is 5.95 Å². The summed E-state index contributed by atoms with van der Waals surface area (Å²) in [6.07, 6.45) is 7.78. The van der Waals surface area contributed by atoms with E-state index in [9.17, 15) is 9.59 Å². The van der Waals surface area contributed by atoms with E-state index < -0.39 is 6.09 Å². The monoisotopic (exact) mass is 483 g/mol. The molecule has 1 aromatic heterocycles. The second-order valence-electron chi connectivity index (χ2n) is 8.86. The Morgan fingerprint density at radius 3 is 2.76 bits per heavy atom. The number of hydrogen-bond acceptors (Lipinski definition) is 8. The molecule has 0 aliphatic heterocycles. The SMILES string of the molecule is COc1c(Nc2ncc(Cl)c(N[C@H]3[C@@H](OC(N)=O)[C@@H]4C=C[C@H]3C4)n2)ccc2c1CCC(=O)CC2. The summed E-state index contributed by atoms with van der Waals surface area (Å²) in [5.74, 6) is 2.02. The van der Waals surface area contributed by atoms with E-state index in [0.717, 1.165) is 17.5 Å². The van der Waals surface area contributed by atoms with Gasteiger partial charge in [-0.05, 0) is 36.5 Å². The number of nitrogens with zero attached hydrogens (tertiary/aromatic N) is 2. The maximum Gasteiger partial charge on any atom is 0.404 e. The van der Waals surface area contributed by atoms with Crippen molar-refractivity contribution >= 4 is 40.9 Å². The van der Waals surface area contributed by atoms with Crippen molar-refractivity contribution in [2.24, 2.45) is 17.6 Å². The number of Topliss-reactive ketones (excluding diaryl/α,β-unsaturated/α-hetero) is 1. The lowest BCUT2D eigenvalue weighted by Gasteiger charge is -2.28. The van der Waals surface area contributed by atoms with E-state index in [2.05, 4.69) is 32.8 Å². The Hall–Kier alpha value is -3.33. The van der Waals surface area contributed by atoms with Crippen LogP contribution in [0.2, 0.25) is 5.02 Å². The molecule has 4 N–H and O–H groups in total. The molecule has 5 rings (SSSR count). The number of aryl methyl sites for hydroxylation is 1. The highest BCUT2D eigenvalue weighted by atomic mass is 35.5. The summed E-state index contributed by atoms with van der Waals surface area (Å²) >= 11 is 6.40. The molecule has 178 valence electrons. The zero-order chi connectivity index (χ0) is 23.8. The Bertz CT molecular complexity index is 1170. The highest BCUT2D eigenvalue weighted by Gasteiger charge is 2.47. The van der Waals surface area contributed by atoms with E-state index in [-0.39, 0.29) is 29.8 Å². The lowest BCUT2D eigenvalue weighted by atomic mass is 9.98. The van der Waals surface area contributed by atoms with Gasteiger partial charge in [-0.2, -0.15) is 4.98 Å². The van der Waals surface area contributed by atoms with Gasteiger partial charge in [-0.3, -0.25) is 4.79 Å². The van der Waals surface area contributed by atoms with Crippen molar-refractivity contribution in [2.75, 3.05) is 17.7 Å². The zero-order valence-electron chi connectivity index (χ0n) is 18.7. The Morgan fingerprint density at radius 1 is 1.18 bits per heavy atom. The van der Waals surface area contributed by atoms with Crippen LogP contribution in [0.25, 0.3) is 0 Å². The molecule has 10 heteroatoms. The number of nitrogens with one attached hydrogen (secondary N) is 2. The third kappa shape index (κ3) is 4.27. The van der Waals surface area contributed by atoms with Crippen LogP contribution in [0.3, 0.4) is 0 Å². The van der Waals surface area contributed by atoms with E-state index in [4.69, 9.17) is 26.8 Å². The number of fused-ring (bicyclic) bond motifs is 3. The van der Waals surface area contributed by atoms with Crippen LogP contribution in [0.15, 0.2) is 30.5 Å². The van der Waals surface area contributed by atoms with E-state index in [1.165, 1.54) is 6.20 Å². The molecular formula is C24H26ClN5O4. The minimum atomic E-state index is -0.800. The lowest BCUT2D eigenvalue weighted by molar-refractivity contribution is -0.118. The van der Waals surface area contributed by atoms with E-state index >= 15 is 0 Å². The first-order valence-electron chi connectivity index (χ1n) is 11.3. The number of methoxy groups -OCH3 is 1. The van der Waals surface area contributed by atoms with Crippen molar-refractivity contribution < 1.29 is 19.1 Å². The van der Waals surface area contributed by atoms with Gasteiger partial charge >= 0.3 is 6.09 Å². The summed E-state index contributed by atoms with van der Waals surface area (Å²) in [7, 11) is 1.62. The van der Waals surface area contributed by atoms with Gasteiger partial charge in [0.15, 0.2) is 5.82 Å². The third-order valence-corrected chi connectivity index (χ3v) is 7.10. The van der Waals surface area contributed by atoms with Gasteiger partial charge in [0.25, 0.3) is 0 Å². The van der Waals surface area contributed by atoms with Crippen molar-refractivity contribution in [3.63, 3.8) is 0 Å². The summed E-state index contributed by atoms with van der Waals surface area (Å²) in [5.41, 5.74) is 8.15. The van der Waals surface area contributed by atoms with Crippen molar-refractivity contribution in [1.29, 1.82) is 0 Å². The normalized spacial score (nSPS) is 24.9. The maximum atomic E-state index is 11.9. The van der Waals surface area contributed by atoms with Crippen LogP contribution >= 0.6 is 11.6 Å². The molecular weight excluding hydrogens is 458 g/mol. The highest BCUT2D eigenvalue weighted by molar-refractivity contribution is 6.32. The topological polar surface area (TPSA) is 128 Å². The number of nitrogens with two attached hydrogens (primary N) is 1. The molecule has 1 fully saturated rings. The molecule has 1 saturated carbocycles. The molecule has 0 saturated heterocycles. The Kier molecular flexibility index (Phi) is 6.03. The Morgan fingerprint density at radius 2 is 1.97 bits per heavy atom. The number of primary amides is 1.